The highest BCUT2D eigenvalue weighted by atomic mass is 127. The molecule has 0 radical (unpaired) electrons. The number of halogens is 1. The Morgan fingerprint density at radius 3 is 2.31 bits per heavy atom. The van der Waals surface area contributed by atoms with Crippen LogP contribution in [-0.2, 0) is 0 Å². The summed E-state index contributed by atoms with van der Waals surface area (Å²) in [5, 5.41) is 3.41. The first-order valence-electron chi connectivity index (χ1n) is 6.13. The van der Waals surface area contributed by atoms with Crippen molar-refractivity contribution in [3.05, 3.63) is 0 Å². The van der Waals surface area contributed by atoms with E-state index in [1.54, 1.807) is 0 Å². The third-order valence-electron chi connectivity index (χ3n) is 2.91. The first-order chi connectivity index (χ1) is 7.17. The summed E-state index contributed by atoms with van der Waals surface area (Å²) in [4.78, 5) is 6.75. The van der Waals surface area contributed by atoms with Gasteiger partial charge in [-0.15, -0.1) is 24.0 Å². The monoisotopic (exact) mass is 339 g/mol. The van der Waals surface area contributed by atoms with E-state index in [2.05, 4.69) is 36.0 Å². The average molecular weight is 339 g/mol. The third kappa shape index (κ3) is 4.89. The van der Waals surface area contributed by atoms with Crippen LogP contribution in [-0.4, -0.2) is 37.5 Å². The number of guanidine groups is 1. The molecule has 2 atom stereocenters. The second kappa shape index (κ2) is 8.14. The number of piperidine rings is 1. The molecule has 3 nitrogen and oxygen atoms in total. The van der Waals surface area contributed by atoms with Crippen LogP contribution in [0.3, 0.4) is 0 Å². The van der Waals surface area contributed by atoms with Crippen LogP contribution in [0.25, 0.3) is 0 Å². The summed E-state index contributed by atoms with van der Waals surface area (Å²) in [6, 6.07) is 0. The Morgan fingerprint density at radius 2 is 1.88 bits per heavy atom. The van der Waals surface area contributed by atoms with E-state index in [1.165, 1.54) is 6.42 Å². The van der Waals surface area contributed by atoms with Crippen molar-refractivity contribution in [1.82, 2.24) is 10.2 Å². The van der Waals surface area contributed by atoms with Crippen LogP contribution >= 0.6 is 24.0 Å². The van der Waals surface area contributed by atoms with Crippen LogP contribution in [0.2, 0.25) is 0 Å². The fourth-order valence-electron chi connectivity index (χ4n) is 2.40. The molecule has 1 saturated heterocycles. The molecular formula is C12H26IN3. The molecule has 0 saturated carbocycles. The molecule has 1 aliphatic heterocycles. The molecule has 1 rings (SSSR count). The predicted molar refractivity (Wildman–Crippen MR) is 81.6 cm³/mol. The molecule has 0 bridgehead atoms. The smallest absolute Gasteiger partial charge is 0.193 e. The topological polar surface area (TPSA) is 27.6 Å². The number of hydrogen-bond acceptors (Lipinski definition) is 1. The van der Waals surface area contributed by atoms with Crippen molar-refractivity contribution < 1.29 is 0 Å². The molecule has 0 aromatic carbocycles. The number of nitrogens with zero attached hydrogens (tertiary/aromatic N) is 2. The fourth-order valence-corrected chi connectivity index (χ4v) is 2.40. The van der Waals surface area contributed by atoms with Crippen molar-refractivity contribution in [2.45, 2.75) is 33.6 Å². The van der Waals surface area contributed by atoms with E-state index in [0.29, 0.717) is 0 Å². The summed E-state index contributed by atoms with van der Waals surface area (Å²) in [7, 11) is 1.88. The highest BCUT2D eigenvalue weighted by Gasteiger charge is 2.23. The van der Waals surface area contributed by atoms with Crippen molar-refractivity contribution in [3.8, 4) is 0 Å². The minimum Gasteiger partial charge on any atom is -0.356 e. The highest BCUT2D eigenvalue weighted by molar-refractivity contribution is 14.0. The van der Waals surface area contributed by atoms with E-state index in [-0.39, 0.29) is 24.0 Å². The lowest BCUT2D eigenvalue weighted by Crippen LogP contribution is -2.48. The van der Waals surface area contributed by atoms with E-state index < -0.39 is 0 Å². The quantitative estimate of drug-likeness (QED) is 0.476. The van der Waals surface area contributed by atoms with E-state index >= 15 is 0 Å². The zero-order chi connectivity index (χ0) is 11.3. The molecule has 0 aliphatic carbocycles. The van der Waals surface area contributed by atoms with Gasteiger partial charge in [0.15, 0.2) is 5.96 Å². The second-order valence-electron chi connectivity index (χ2n) is 4.83. The number of hydrogen-bond donors (Lipinski definition) is 1. The molecule has 0 aromatic heterocycles. The van der Waals surface area contributed by atoms with Gasteiger partial charge in [0.2, 0.25) is 0 Å². The maximum Gasteiger partial charge on any atom is 0.193 e. The Morgan fingerprint density at radius 1 is 1.31 bits per heavy atom. The van der Waals surface area contributed by atoms with Gasteiger partial charge in [0.1, 0.15) is 0 Å². The number of aliphatic imine (C=N–C) groups is 1. The Kier molecular flexibility index (Phi) is 8.14. The summed E-state index contributed by atoms with van der Waals surface area (Å²) < 4.78 is 0. The fraction of sp³-hybridized carbons (Fsp3) is 0.917. The van der Waals surface area contributed by atoms with Crippen LogP contribution < -0.4 is 5.32 Å². The van der Waals surface area contributed by atoms with Crippen molar-refractivity contribution >= 4 is 29.9 Å². The molecule has 16 heavy (non-hydrogen) atoms. The zero-order valence-corrected chi connectivity index (χ0v) is 13.3. The van der Waals surface area contributed by atoms with E-state index in [0.717, 1.165) is 43.9 Å². The lowest BCUT2D eigenvalue weighted by atomic mass is 9.92. The van der Waals surface area contributed by atoms with Gasteiger partial charge in [0.25, 0.3) is 0 Å². The Balaban J connectivity index is 0.00000225. The number of nitrogens with one attached hydrogen (secondary N) is 1. The summed E-state index contributed by atoms with van der Waals surface area (Å²) >= 11 is 0. The molecule has 1 aliphatic rings. The van der Waals surface area contributed by atoms with Crippen molar-refractivity contribution in [1.29, 1.82) is 0 Å². The van der Waals surface area contributed by atoms with Crippen molar-refractivity contribution in [3.63, 3.8) is 0 Å². The van der Waals surface area contributed by atoms with Crippen LogP contribution in [0, 0.1) is 11.8 Å². The summed E-state index contributed by atoms with van der Waals surface area (Å²) in [6.07, 6.45) is 2.50. The van der Waals surface area contributed by atoms with Crippen molar-refractivity contribution in [2.24, 2.45) is 16.8 Å². The molecule has 1 N–H and O–H groups in total. The molecule has 1 fully saturated rings. The molecular weight excluding hydrogens is 313 g/mol. The van der Waals surface area contributed by atoms with Gasteiger partial charge in [-0.1, -0.05) is 20.8 Å². The van der Waals surface area contributed by atoms with Crippen LogP contribution in [0.4, 0.5) is 0 Å². The number of likely N-dealkylation sites (tertiary alicyclic amines) is 1. The Hall–Kier alpha value is 0. The van der Waals surface area contributed by atoms with Gasteiger partial charge in [-0.25, -0.2) is 0 Å². The zero-order valence-electron chi connectivity index (χ0n) is 11.0. The standard InChI is InChI=1S/C12H25N3.HI/c1-5-6-14-12(13-4)15-8-10(2)7-11(3)9-15;/h10-11H,5-9H2,1-4H3,(H,13,14);1H. The van der Waals surface area contributed by atoms with Gasteiger partial charge in [0.05, 0.1) is 0 Å². The van der Waals surface area contributed by atoms with E-state index in [4.69, 9.17) is 0 Å². The lowest BCUT2D eigenvalue weighted by molar-refractivity contribution is 0.208. The molecule has 96 valence electrons. The number of rotatable bonds is 2. The van der Waals surface area contributed by atoms with Gasteiger partial charge in [-0.2, -0.15) is 0 Å². The molecule has 4 heteroatoms. The second-order valence-corrected chi connectivity index (χ2v) is 4.83. The summed E-state index contributed by atoms with van der Waals surface area (Å²) in [5.41, 5.74) is 0. The Bertz CT molecular complexity index is 208. The summed E-state index contributed by atoms with van der Waals surface area (Å²) in [5.74, 6) is 2.65. The molecule has 0 aromatic rings. The van der Waals surface area contributed by atoms with Gasteiger partial charge < -0.3 is 10.2 Å². The lowest BCUT2D eigenvalue weighted by Gasteiger charge is -2.37. The van der Waals surface area contributed by atoms with Crippen LogP contribution in [0.5, 0.6) is 0 Å². The molecule has 0 amide bonds. The first kappa shape index (κ1) is 16.0. The Labute approximate surface area is 117 Å². The average Bonchev–Trinajstić information content (AvgIpc) is 2.17. The maximum absolute atomic E-state index is 4.35. The third-order valence-corrected chi connectivity index (χ3v) is 2.91. The highest BCUT2D eigenvalue weighted by Crippen LogP contribution is 2.20. The van der Waals surface area contributed by atoms with Gasteiger partial charge in [0, 0.05) is 26.7 Å². The van der Waals surface area contributed by atoms with E-state index in [9.17, 15) is 0 Å². The van der Waals surface area contributed by atoms with Crippen LogP contribution in [0.15, 0.2) is 4.99 Å². The predicted octanol–water partition coefficient (Wildman–Crippen LogP) is 2.57. The molecule has 1 heterocycles. The first-order valence-corrected chi connectivity index (χ1v) is 6.13. The summed E-state index contributed by atoms with van der Waals surface area (Å²) in [6.45, 7) is 10.2. The van der Waals surface area contributed by atoms with Crippen LogP contribution in [0.1, 0.15) is 33.6 Å². The van der Waals surface area contributed by atoms with Gasteiger partial charge in [-0.05, 0) is 24.7 Å². The minimum absolute atomic E-state index is 0. The van der Waals surface area contributed by atoms with Gasteiger partial charge in [-0.3, -0.25) is 4.99 Å². The van der Waals surface area contributed by atoms with Crippen molar-refractivity contribution in [2.75, 3.05) is 26.7 Å². The molecule has 2 unspecified atom stereocenters. The van der Waals surface area contributed by atoms with Gasteiger partial charge >= 0.3 is 0 Å². The largest absolute Gasteiger partial charge is 0.356 e. The van der Waals surface area contributed by atoms with E-state index in [1.807, 2.05) is 7.05 Å². The SMILES string of the molecule is CCCNC(=NC)N1CC(C)CC(C)C1.I. The minimum atomic E-state index is 0. The normalized spacial score (nSPS) is 26.2. The molecule has 0 spiro atoms. The maximum atomic E-state index is 4.35.